The summed E-state index contributed by atoms with van der Waals surface area (Å²) < 4.78 is 25.8. The van der Waals surface area contributed by atoms with Gasteiger partial charge in [0.15, 0.2) is 5.03 Å². The van der Waals surface area contributed by atoms with E-state index in [0.29, 0.717) is 12.1 Å². The number of nitrogens with zero attached hydrogens (tertiary/aromatic N) is 3. The lowest BCUT2D eigenvalue weighted by Crippen LogP contribution is -2.31. The fourth-order valence-corrected chi connectivity index (χ4v) is 2.87. The van der Waals surface area contributed by atoms with E-state index in [4.69, 9.17) is 5.73 Å². The van der Waals surface area contributed by atoms with Crippen molar-refractivity contribution in [2.75, 3.05) is 34.2 Å². The number of rotatable bonds is 7. The molecule has 104 valence electrons. The van der Waals surface area contributed by atoms with Crippen LogP contribution in [0.1, 0.15) is 12.0 Å². The van der Waals surface area contributed by atoms with Gasteiger partial charge in [0, 0.05) is 25.7 Å². The molecule has 1 aromatic rings. The van der Waals surface area contributed by atoms with Crippen molar-refractivity contribution < 1.29 is 8.42 Å². The summed E-state index contributed by atoms with van der Waals surface area (Å²) in [5.41, 5.74) is 5.99. The topological polar surface area (TPSA) is 95.3 Å². The first-order valence-electron chi connectivity index (χ1n) is 5.73. The molecule has 0 atom stereocenters. The van der Waals surface area contributed by atoms with E-state index in [-0.39, 0.29) is 11.6 Å². The number of aromatic nitrogens is 2. The minimum atomic E-state index is -3.52. The molecule has 0 spiro atoms. The zero-order chi connectivity index (χ0) is 13.8. The van der Waals surface area contributed by atoms with Gasteiger partial charge in [-0.05, 0) is 27.1 Å². The molecule has 1 rings (SSSR count). The maximum atomic E-state index is 12.2. The van der Waals surface area contributed by atoms with Crippen molar-refractivity contribution in [1.82, 2.24) is 19.4 Å². The first-order valence-corrected chi connectivity index (χ1v) is 7.17. The Morgan fingerprint density at radius 3 is 2.56 bits per heavy atom. The van der Waals surface area contributed by atoms with E-state index in [1.54, 1.807) is 7.05 Å². The summed E-state index contributed by atoms with van der Waals surface area (Å²) in [6, 6.07) is 0. The number of sulfonamides is 1. The number of H-pyrrole nitrogens is 1. The molecular formula is C10H21N5O2S. The Kier molecular flexibility index (Phi) is 5.27. The highest BCUT2D eigenvalue weighted by Gasteiger charge is 2.24. The molecule has 18 heavy (non-hydrogen) atoms. The van der Waals surface area contributed by atoms with Gasteiger partial charge in [-0.25, -0.2) is 8.42 Å². The summed E-state index contributed by atoms with van der Waals surface area (Å²) in [5.74, 6) is 0. The van der Waals surface area contributed by atoms with E-state index in [9.17, 15) is 8.42 Å². The third kappa shape index (κ3) is 3.52. The summed E-state index contributed by atoms with van der Waals surface area (Å²) >= 11 is 0. The molecule has 0 saturated carbocycles. The molecular weight excluding hydrogens is 254 g/mol. The van der Waals surface area contributed by atoms with Crippen molar-refractivity contribution >= 4 is 10.0 Å². The van der Waals surface area contributed by atoms with Crippen LogP contribution in [0.15, 0.2) is 11.2 Å². The van der Waals surface area contributed by atoms with Crippen LogP contribution in [0.3, 0.4) is 0 Å². The SMILES string of the molecule is CN(C)CCCN(C)S(=O)(=O)c1[nH]ncc1CN. The van der Waals surface area contributed by atoms with Crippen molar-refractivity contribution in [3.63, 3.8) is 0 Å². The van der Waals surface area contributed by atoms with Gasteiger partial charge in [0.2, 0.25) is 0 Å². The molecule has 8 heteroatoms. The Bertz CT molecular complexity index is 468. The molecule has 0 aliphatic heterocycles. The van der Waals surface area contributed by atoms with E-state index in [1.807, 2.05) is 19.0 Å². The molecule has 0 saturated heterocycles. The van der Waals surface area contributed by atoms with E-state index in [2.05, 4.69) is 10.2 Å². The van der Waals surface area contributed by atoms with Crippen molar-refractivity contribution in [3.05, 3.63) is 11.8 Å². The van der Waals surface area contributed by atoms with Crippen LogP contribution in [-0.2, 0) is 16.6 Å². The summed E-state index contributed by atoms with van der Waals surface area (Å²) in [4.78, 5) is 2.02. The highest BCUT2D eigenvalue weighted by molar-refractivity contribution is 7.89. The first kappa shape index (κ1) is 15.1. The van der Waals surface area contributed by atoms with Gasteiger partial charge in [0.1, 0.15) is 0 Å². The lowest BCUT2D eigenvalue weighted by atomic mass is 10.4. The third-order valence-corrected chi connectivity index (χ3v) is 4.52. The van der Waals surface area contributed by atoms with Gasteiger partial charge in [-0.1, -0.05) is 0 Å². The van der Waals surface area contributed by atoms with Crippen LogP contribution in [0, 0.1) is 0 Å². The second kappa shape index (κ2) is 6.28. The fourth-order valence-electron chi connectivity index (χ4n) is 1.55. The van der Waals surface area contributed by atoms with Gasteiger partial charge in [-0.2, -0.15) is 9.40 Å². The number of hydrogen-bond acceptors (Lipinski definition) is 5. The van der Waals surface area contributed by atoms with Gasteiger partial charge in [0.25, 0.3) is 10.0 Å². The zero-order valence-electron chi connectivity index (χ0n) is 11.0. The van der Waals surface area contributed by atoms with Crippen LogP contribution >= 0.6 is 0 Å². The zero-order valence-corrected chi connectivity index (χ0v) is 11.9. The molecule has 1 aromatic heterocycles. The second-order valence-corrected chi connectivity index (χ2v) is 6.39. The van der Waals surface area contributed by atoms with Crippen molar-refractivity contribution in [3.8, 4) is 0 Å². The van der Waals surface area contributed by atoms with E-state index >= 15 is 0 Å². The molecule has 0 aliphatic carbocycles. The van der Waals surface area contributed by atoms with Crippen LogP contribution in [0.25, 0.3) is 0 Å². The highest BCUT2D eigenvalue weighted by atomic mass is 32.2. The monoisotopic (exact) mass is 275 g/mol. The van der Waals surface area contributed by atoms with Crippen LogP contribution in [-0.4, -0.2) is 62.1 Å². The van der Waals surface area contributed by atoms with Gasteiger partial charge < -0.3 is 10.6 Å². The molecule has 0 amide bonds. The minimum Gasteiger partial charge on any atom is -0.326 e. The van der Waals surface area contributed by atoms with E-state index in [1.165, 1.54) is 10.5 Å². The van der Waals surface area contributed by atoms with Crippen molar-refractivity contribution in [2.45, 2.75) is 18.0 Å². The van der Waals surface area contributed by atoms with Crippen molar-refractivity contribution in [1.29, 1.82) is 0 Å². The standard InChI is InChI=1S/C10H21N5O2S/c1-14(2)5-4-6-15(3)18(16,17)10-9(7-11)8-12-13-10/h8H,4-7,11H2,1-3H3,(H,12,13). The quantitative estimate of drug-likeness (QED) is 0.695. The van der Waals surface area contributed by atoms with Crippen LogP contribution in [0.2, 0.25) is 0 Å². The average Bonchev–Trinajstić information content (AvgIpc) is 2.76. The number of nitrogens with one attached hydrogen (secondary N) is 1. The molecule has 0 aliphatic rings. The smallest absolute Gasteiger partial charge is 0.260 e. The molecule has 0 unspecified atom stereocenters. The maximum absolute atomic E-state index is 12.2. The number of hydrogen-bond donors (Lipinski definition) is 2. The minimum absolute atomic E-state index is 0.0948. The Morgan fingerprint density at radius 1 is 1.33 bits per heavy atom. The normalized spacial score (nSPS) is 12.6. The number of nitrogens with two attached hydrogens (primary N) is 1. The highest BCUT2D eigenvalue weighted by Crippen LogP contribution is 2.15. The van der Waals surface area contributed by atoms with Gasteiger partial charge >= 0.3 is 0 Å². The molecule has 7 nitrogen and oxygen atoms in total. The largest absolute Gasteiger partial charge is 0.326 e. The lowest BCUT2D eigenvalue weighted by molar-refractivity contribution is 0.369. The molecule has 3 N–H and O–H groups in total. The molecule has 0 radical (unpaired) electrons. The molecule has 0 bridgehead atoms. The fraction of sp³-hybridized carbons (Fsp3) is 0.700. The van der Waals surface area contributed by atoms with Gasteiger partial charge in [0.05, 0.1) is 6.20 Å². The Labute approximate surface area is 108 Å². The predicted octanol–water partition coefficient (Wildman–Crippen LogP) is -0.559. The van der Waals surface area contributed by atoms with Gasteiger partial charge in [-0.15, -0.1) is 0 Å². The molecule has 0 fully saturated rings. The summed E-state index contributed by atoms with van der Waals surface area (Å²) in [6.07, 6.45) is 2.22. The summed E-state index contributed by atoms with van der Waals surface area (Å²) in [5, 5.41) is 6.33. The number of aromatic amines is 1. The van der Waals surface area contributed by atoms with Crippen LogP contribution < -0.4 is 5.73 Å². The van der Waals surface area contributed by atoms with Crippen molar-refractivity contribution in [2.24, 2.45) is 5.73 Å². The summed E-state index contributed by atoms with van der Waals surface area (Å²) in [6.45, 7) is 1.45. The van der Waals surface area contributed by atoms with Crippen LogP contribution in [0.5, 0.6) is 0 Å². The average molecular weight is 275 g/mol. The second-order valence-electron chi connectivity index (χ2n) is 4.41. The first-order chi connectivity index (χ1) is 8.39. The summed E-state index contributed by atoms with van der Waals surface area (Å²) in [7, 11) is 1.95. The Hall–Kier alpha value is -0.960. The van der Waals surface area contributed by atoms with Gasteiger partial charge in [-0.3, -0.25) is 5.10 Å². The van der Waals surface area contributed by atoms with E-state index in [0.717, 1.165) is 13.0 Å². The van der Waals surface area contributed by atoms with Crippen LogP contribution in [0.4, 0.5) is 0 Å². The third-order valence-electron chi connectivity index (χ3n) is 2.64. The maximum Gasteiger partial charge on any atom is 0.260 e. The predicted molar refractivity (Wildman–Crippen MR) is 69.5 cm³/mol. The molecule has 0 aromatic carbocycles. The molecule has 1 heterocycles. The Morgan fingerprint density at radius 2 is 2.00 bits per heavy atom. The Balaban J connectivity index is 2.74. The lowest BCUT2D eigenvalue weighted by Gasteiger charge is -2.18. The van der Waals surface area contributed by atoms with E-state index < -0.39 is 10.0 Å².